The number of anilines is 1. The van der Waals surface area contributed by atoms with Crippen molar-refractivity contribution in [1.29, 1.82) is 0 Å². The van der Waals surface area contributed by atoms with Crippen LogP contribution in [0.1, 0.15) is 17.1 Å². The van der Waals surface area contributed by atoms with E-state index in [2.05, 4.69) is 26.0 Å². The number of pyridine rings is 2. The highest BCUT2D eigenvalue weighted by molar-refractivity contribution is 5.69. The van der Waals surface area contributed by atoms with Gasteiger partial charge in [-0.2, -0.15) is 0 Å². The number of nitrogens with zero attached hydrogens (tertiary/aromatic N) is 3. The molecule has 0 saturated heterocycles. The summed E-state index contributed by atoms with van der Waals surface area (Å²) in [4.78, 5) is 16.2. The van der Waals surface area contributed by atoms with Crippen molar-refractivity contribution in [3.05, 3.63) is 47.5 Å². The summed E-state index contributed by atoms with van der Waals surface area (Å²) < 4.78 is 0. The zero-order valence-corrected chi connectivity index (χ0v) is 10.7. The SMILES string of the molecule is Cc1cc(N)nc(CCc2nc3ncccc3[nH]2)c1. The normalized spacial score (nSPS) is 11.0. The molecule has 0 aliphatic rings. The summed E-state index contributed by atoms with van der Waals surface area (Å²) in [6.07, 6.45) is 3.35. The van der Waals surface area contributed by atoms with Crippen molar-refractivity contribution in [2.45, 2.75) is 19.8 Å². The van der Waals surface area contributed by atoms with Crippen molar-refractivity contribution in [2.75, 3.05) is 5.73 Å². The van der Waals surface area contributed by atoms with Gasteiger partial charge in [-0.25, -0.2) is 15.0 Å². The molecule has 0 radical (unpaired) electrons. The van der Waals surface area contributed by atoms with Gasteiger partial charge in [-0.3, -0.25) is 0 Å². The Morgan fingerprint density at radius 1 is 1.21 bits per heavy atom. The van der Waals surface area contributed by atoms with Crippen molar-refractivity contribution in [3.63, 3.8) is 0 Å². The zero-order chi connectivity index (χ0) is 13.2. The van der Waals surface area contributed by atoms with Gasteiger partial charge in [0.25, 0.3) is 0 Å². The highest BCUT2D eigenvalue weighted by Gasteiger charge is 2.05. The number of H-pyrrole nitrogens is 1. The summed E-state index contributed by atoms with van der Waals surface area (Å²) in [5.41, 5.74) is 9.60. The van der Waals surface area contributed by atoms with Crippen LogP contribution in [0.15, 0.2) is 30.5 Å². The minimum Gasteiger partial charge on any atom is -0.384 e. The van der Waals surface area contributed by atoms with Gasteiger partial charge in [0.15, 0.2) is 5.65 Å². The molecule has 0 amide bonds. The molecule has 3 rings (SSSR count). The van der Waals surface area contributed by atoms with E-state index in [-0.39, 0.29) is 0 Å². The number of fused-ring (bicyclic) bond motifs is 1. The molecule has 96 valence electrons. The fourth-order valence-corrected chi connectivity index (χ4v) is 2.16. The second-order valence-corrected chi connectivity index (χ2v) is 4.62. The molecule has 0 atom stereocenters. The lowest BCUT2D eigenvalue weighted by Crippen LogP contribution is -2.00. The number of imidazole rings is 1. The quantitative estimate of drug-likeness (QED) is 0.748. The maximum absolute atomic E-state index is 5.75. The average Bonchev–Trinajstić information content (AvgIpc) is 2.78. The first-order valence-electron chi connectivity index (χ1n) is 6.23. The van der Waals surface area contributed by atoms with Gasteiger partial charge in [0.1, 0.15) is 11.6 Å². The molecule has 0 aliphatic carbocycles. The summed E-state index contributed by atoms with van der Waals surface area (Å²) in [5.74, 6) is 1.50. The molecule has 5 nitrogen and oxygen atoms in total. The van der Waals surface area contributed by atoms with E-state index in [1.807, 2.05) is 25.1 Å². The van der Waals surface area contributed by atoms with Crippen molar-refractivity contribution < 1.29 is 0 Å². The molecule has 3 heterocycles. The Bertz CT molecular complexity index is 663. The van der Waals surface area contributed by atoms with Crippen LogP contribution in [0.25, 0.3) is 11.2 Å². The number of nitrogens with one attached hydrogen (secondary N) is 1. The van der Waals surface area contributed by atoms with E-state index in [1.165, 1.54) is 0 Å². The summed E-state index contributed by atoms with van der Waals surface area (Å²) in [6.45, 7) is 2.02. The second kappa shape index (κ2) is 4.68. The molecule has 0 fully saturated rings. The Morgan fingerprint density at radius 3 is 2.89 bits per heavy atom. The van der Waals surface area contributed by atoms with Crippen molar-refractivity contribution in [2.24, 2.45) is 0 Å². The van der Waals surface area contributed by atoms with E-state index in [4.69, 9.17) is 5.73 Å². The Kier molecular flexibility index (Phi) is 2.87. The van der Waals surface area contributed by atoms with Gasteiger partial charge in [-0.05, 0) is 43.2 Å². The van der Waals surface area contributed by atoms with Crippen molar-refractivity contribution in [1.82, 2.24) is 19.9 Å². The van der Waals surface area contributed by atoms with E-state index >= 15 is 0 Å². The van der Waals surface area contributed by atoms with Gasteiger partial charge in [0, 0.05) is 18.3 Å². The van der Waals surface area contributed by atoms with Gasteiger partial charge in [-0.15, -0.1) is 0 Å². The van der Waals surface area contributed by atoms with Gasteiger partial charge in [0.05, 0.1) is 5.52 Å². The van der Waals surface area contributed by atoms with Crippen LogP contribution >= 0.6 is 0 Å². The van der Waals surface area contributed by atoms with Crippen LogP contribution in [0.2, 0.25) is 0 Å². The first-order valence-corrected chi connectivity index (χ1v) is 6.23. The molecule has 0 aromatic carbocycles. The third kappa shape index (κ3) is 2.54. The largest absolute Gasteiger partial charge is 0.384 e. The molecule has 5 heteroatoms. The number of nitrogen functional groups attached to an aromatic ring is 1. The monoisotopic (exact) mass is 253 g/mol. The lowest BCUT2D eigenvalue weighted by atomic mass is 10.1. The van der Waals surface area contributed by atoms with Crippen LogP contribution in [-0.4, -0.2) is 19.9 Å². The van der Waals surface area contributed by atoms with E-state index in [9.17, 15) is 0 Å². The molecule has 0 unspecified atom stereocenters. The molecule has 0 saturated carbocycles. The molecule has 19 heavy (non-hydrogen) atoms. The third-order valence-electron chi connectivity index (χ3n) is 2.97. The molecule has 3 N–H and O–H groups in total. The van der Waals surface area contributed by atoms with Crippen LogP contribution in [0.3, 0.4) is 0 Å². The molecular formula is C14H15N5. The molecule has 0 aliphatic heterocycles. The Balaban J connectivity index is 1.78. The highest BCUT2D eigenvalue weighted by Crippen LogP contribution is 2.11. The molecule has 3 aromatic heterocycles. The number of hydrogen-bond acceptors (Lipinski definition) is 4. The topological polar surface area (TPSA) is 80.5 Å². The minimum atomic E-state index is 0.571. The lowest BCUT2D eigenvalue weighted by Gasteiger charge is -2.02. The maximum Gasteiger partial charge on any atom is 0.177 e. The summed E-state index contributed by atoms with van der Waals surface area (Å²) >= 11 is 0. The van der Waals surface area contributed by atoms with Crippen LogP contribution in [0.4, 0.5) is 5.82 Å². The van der Waals surface area contributed by atoms with Gasteiger partial charge >= 0.3 is 0 Å². The van der Waals surface area contributed by atoms with Crippen molar-refractivity contribution >= 4 is 17.0 Å². The van der Waals surface area contributed by atoms with Gasteiger partial charge in [-0.1, -0.05) is 0 Å². The van der Waals surface area contributed by atoms with Gasteiger partial charge < -0.3 is 10.7 Å². The van der Waals surface area contributed by atoms with Crippen LogP contribution < -0.4 is 5.73 Å². The lowest BCUT2D eigenvalue weighted by molar-refractivity contribution is 0.860. The standard InChI is InChI=1S/C14H15N5/c1-9-7-10(17-12(15)8-9)4-5-13-18-11-3-2-6-16-14(11)19-13/h2-3,6-8H,4-5H2,1H3,(H2,15,17)(H,16,18,19). The summed E-state index contributed by atoms with van der Waals surface area (Å²) in [5, 5.41) is 0. The first kappa shape index (κ1) is 11.6. The molecule has 0 bridgehead atoms. The predicted octanol–water partition coefficient (Wildman–Crippen LogP) is 2.03. The van der Waals surface area contributed by atoms with Crippen LogP contribution in [0, 0.1) is 6.92 Å². The fraction of sp³-hybridized carbons (Fsp3) is 0.214. The molecule has 0 spiro atoms. The number of aromatic nitrogens is 4. The highest BCUT2D eigenvalue weighted by atomic mass is 15.0. The Morgan fingerprint density at radius 2 is 2.11 bits per heavy atom. The summed E-state index contributed by atoms with van der Waals surface area (Å²) in [7, 11) is 0. The average molecular weight is 253 g/mol. The fourth-order valence-electron chi connectivity index (χ4n) is 2.16. The number of nitrogens with two attached hydrogens (primary N) is 1. The van der Waals surface area contributed by atoms with E-state index in [0.717, 1.165) is 41.1 Å². The van der Waals surface area contributed by atoms with E-state index in [0.29, 0.717) is 5.82 Å². The third-order valence-corrected chi connectivity index (χ3v) is 2.97. The van der Waals surface area contributed by atoms with Crippen LogP contribution in [-0.2, 0) is 12.8 Å². The van der Waals surface area contributed by atoms with Crippen molar-refractivity contribution in [3.8, 4) is 0 Å². The number of aromatic amines is 1. The number of aryl methyl sites for hydroxylation is 3. The van der Waals surface area contributed by atoms with Gasteiger partial charge in [0.2, 0.25) is 0 Å². The second-order valence-electron chi connectivity index (χ2n) is 4.62. The Labute approximate surface area is 110 Å². The first-order chi connectivity index (χ1) is 9.20. The zero-order valence-electron chi connectivity index (χ0n) is 10.7. The summed E-state index contributed by atoms with van der Waals surface area (Å²) in [6, 6.07) is 7.79. The van der Waals surface area contributed by atoms with Crippen LogP contribution in [0.5, 0.6) is 0 Å². The smallest absolute Gasteiger partial charge is 0.177 e. The van der Waals surface area contributed by atoms with E-state index in [1.54, 1.807) is 6.20 Å². The number of rotatable bonds is 3. The minimum absolute atomic E-state index is 0.571. The molecule has 3 aromatic rings. The molecular weight excluding hydrogens is 238 g/mol. The van der Waals surface area contributed by atoms with E-state index < -0.39 is 0 Å². The number of hydrogen-bond donors (Lipinski definition) is 2. The predicted molar refractivity (Wildman–Crippen MR) is 74.7 cm³/mol. The maximum atomic E-state index is 5.75. The Hall–Kier alpha value is -2.43.